The van der Waals surface area contributed by atoms with Crippen LogP contribution in [0.1, 0.15) is 32.1 Å². The maximum atomic E-state index is 13.0. The van der Waals surface area contributed by atoms with Crippen molar-refractivity contribution in [1.82, 2.24) is 9.97 Å². The molecule has 0 aromatic carbocycles. The summed E-state index contributed by atoms with van der Waals surface area (Å²) >= 11 is 0. The lowest BCUT2D eigenvalue weighted by molar-refractivity contribution is -0.176. The van der Waals surface area contributed by atoms with Crippen molar-refractivity contribution < 1.29 is 18.3 Å². The Bertz CT molecular complexity index is 554. The molecule has 1 aromatic rings. The Labute approximate surface area is 139 Å². The summed E-state index contributed by atoms with van der Waals surface area (Å²) < 4.78 is 39.0. The van der Waals surface area contributed by atoms with Crippen LogP contribution in [-0.4, -0.2) is 53.5 Å². The number of aromatic nitrogens is 2. The highest BCUT2D eigenvalue weighted by Gasteiger charge is 2.42. The maximum Gasteiger partial charge on any atom is 0.393 e. The van der Waals surface area contributed by atoms with E-state index in [4.69, 9.17) is 0 Å². The van der Waals surface area contributed by atoms with E-state index in [0.29, 0.717) is 24.6 Å². The van der Waals surface area contributed by atoms with Crippen LogP contribution in [0, 0.1) is 5.92 Å². The average molecular weight is 344 g/mol. The van der Waals surface area contributed by atoms with Crippen LogP contribution in [-0.2, 0) is 0 Å². The van der Waals surface area contributed by atoms with E-state index < -0.39 is 12.1 Å². The fourth-order valence-corrected chi connectivity index (χ4v) is 3.61. The lowest BCUT2D eigenvalue weighted by Gasteiger charge is -2.37. The van der Waals surface area contributed by atoms with E-state index in [2.05, 4.69) is 9.97 Å². The van der Waals surface area contributed by atoms with Gasteiger partial charge in [-0.3, -0.25) is 0 Å². The van der Waals surface area contributed by atoms with Gasteiger partial charge in [0.05, 0.1) is 18.6 Å². The van der Waals surface area contributed by atoms with Gasteiger partial charge in [-0.1, -0.05) is 0 Å². The molecule has 1 N–H and O–H groups in total. The van der Waals surface area contributed by atoms with E-state index in [-0.39, 0.29) is 25.6 Å². The third kappa shape index (κ3) is 3.74. The van der Waals surface area contributed by atoms with Gasteiger partial charge in [-0.15, -0.1) is 0 Å². The first-order valence-corrected chi connectivity index (χ1v) is 8.50. The summed E-state index contributed by atoms with van der Waals surface area (Å²) in [6.45, 7) is 1.38. The molecule has 8 heteroatoms. The molecular formula is C16H23F3N4O. The molecule has 0 amide bonds. The summed E-state index contributed by atoms with van der Waals surface area (Å²) in [4.78, 5) is 12.2. The van der Waals surface area contributed by atoms with E-state index in [1.807, 2.05) is 4.90 Å². The summed E-state index contributed by atoms with van der Waals surface area (Å²) in [6.07, 6.45) is 0.919. The van der Waals surface area contributed by atoms with Gasteiger partial charge in [0.1, 0.15) is 18.0 Å². The molecule has 5 nitrogen and oxygen atoms in total. The van der Waals surface area contributed by atoms with Gasteiger partial charge in [-0.25, -0.2) is 9.97 Å². The number of hydrogen-bond acceptors (Lipinski definition) is 5. The first-order valence-electron chi connectivity index (χ1n) is 8.50. The van der Waals surface area contributed by atoms with E-state index in [1.54, 1.807) is 11.0 Å². The third-order valence-corrected chi connectivity index (χ3v) is 4.98. The van der Waals surface area contributed by atoms with Crippen LogP contribution in [0.5, 0.6) is 0 Å². The first-order chi connectivity index (χ1) is 11.5. The van der Waals surface area contributed by atoms with Crippen LogP contribution in [0.25, 0.3) is 0 Å². The summed E-state index contributed by atoms with van der Waals surface area (Å²) in [5, 5.41) is 9.54. The van der Waals surface area contributed by atoms with Gasteiger partial charge in [0.15, 0.2) is 0 Å². The summed E-state index contributed by atoms with van der Waals surface area (Å²) in [5.41, 5.74) is 0. The zero-order valence-corrected chi connectivity index (χ0v) is 13.5. The second kappa shape index (κ2) is 7.13. The van der Waals surface area contributed by atoms with Crippen molar-refractivity contribution in [3.63, 3.8) is 0 Å². The minimum atomic E-state index is -4.16. The number of hydrogen-bond donors (Lipinski definition) is 1. The van der Waals surface area contributed by atoms with Crippen molar-refractivity contribution in [3.8, 4) is 0 Å². The molecule has 1 aromatic heterocycles. The number of anilines is 2. The topological polar surface area (TPSA) is 52.5 Å². The predicted octanol–water partition coefficient (Wildman–Crippen LogP) is 2.61. The van der Waals surface area contributed by atoms with Crippen molar-refractivity contribution in [1.29, 1.82) is 0 Å². The highest BCUT2D eigenvalue weighted by molar-refractivity contribution is 5.51. The Morgan fingerprint density at radius 1 is 1.08 bits per heavy atom. The molecule has 2 fully saturated rings. The maximum absolute atomic E-state index is 13.0. The van der Waals surface area contributed by atoms with Crippen molar-refractivity contribution >= 4 is 11.6 Å². The highest BCUT2D eigenvalue weighted by atomic mass is 19.4. The summed E-state index contributed by atoms with van der Waals surface area (Å²) in [5.74, 6) is -0.0751. The molecule has 24 heavy (non-hydrogen) atoms. The number of aliphatic hydroxyl groups excluding tert-OH is 1. The van der Waals surface area contributed by atoms with Crippen LogP contribution in [0.4, 0.5) is 24.8 Å². The number of aliphatic hydroxyl groups is 1. The van der Waals surface area contributed by atoms with Gasteiger partial charge < -0.3 is 14.9 Å². The van der Waals surface area contributed by atoms with Gasteiger partial charge in [0.2, 0.25) is 0 Å². The largest absolute Gasteiger partial charge is 0.394 e. The number of piperidine rings is 2. The summed E-state index contributed by atoms with van der Waals surface area (Å²) in [7, 11) is 0. The zero-order valence-electron chi connectivity index (χ0n) is 13.5. The van der Waals surface area contributed by atoms with E-state index in [9.17, 15) is 18.3 Å². The molecule has 0 aliphatic carbocycles. The van der Waals surface area contributed by atoms with Crippen LogP contribution in [0.2, 0.25) is 0 Å². The Balaban J connectivity index is 1.77. The Hall–Kier alpha value is -1.57. The number of rotatable bonds is 3. The van der Waals surface area contributed by atoms with Crippen LogP contribution >= 0.6 is 0 Å². The number of nitrogens with zero attached hydrogens (tertiary/aromatic N) is 4. The van der Waals surface area contributed by atoms with Crippen LogP contribution in [0.15, 0.2) is 12.4 Å². The first kappa shape index (κ1) is 17.3. The van der Waals surface area contributed by atoms with Crippen molar-refractivity contribution in [2.24, 2.45) is 5.92 Å². The molecule has 0 unspecified atom stereocenters. The number of halogens is 3. The zero-order chi connectivity index (χ0) is 17.2. The molecular weight excluding hydrogens is 321 g/mol. The van der Waals surface area contributed by atoms with Gasteiger partial charge in [0, 0.05) is 25.7 Å². The Morgan fingerprint density at radius 2 is 1.88 bits per heavy atom. The molecule has 0 saturated carbocycles. The van der Waals surface area contributed by atoms with Gasteiger partial charge in [-0.05, 0) is 32.1 Å². The van der Waals surface area contributed by atoms with Crippen molar-refractivity contribution in [2.75, 3.05) is 36.0 Å². The Morgan fingerprint density at radius 3 is 2.62 bits per heavy atom. The molecule has 0 bridgehead atoms. The van der Waals surface area contributed by atoms with Crippen molar-refractivity contribution in [2.45, 2.75) is 44.3 Å². The molecule has 2 aliphatic rings. The highest BCUT2D eigenvalue weighted by Crippen LogP contribution is 2.35. The van der Waals surface area contributed by atoms with E-state index >= 15 is 0 Å². The number of alkyl halides is 3. The van der Waals surface area contributed by atoms with Gasteiger partial charge >= 0.3 is 6.18 Å². The molecule has 3 rings (SSSR count). The molecule has 0 radical (unpaired) electrons. The normalized spacial score (nSPS) is 25.8. The van der Waals surface area contributed by atoms with Gasteiger partial charge in [0.25, 0.3) is 0 Å². The predicted molar refractivity (Wildman–Crippen MR) is 85.1 cm³/mol. The fraction of sp³-hybridized carbons (Fsp3) is 0.750. The lowest BCUT2D eigenvalue weighted by atomic mass is 9.97. The fourth-order valence-electron chi connectivity index (χ4n) is 3.61. The van der Waals surface area contributed by atoms with E-state index in [1.165, 1.54) is 6.33 Å². The molecule has 2 saturated heterocycles. The molecule has 2 aliphatic heterocycles. The molecule has 134 valence electrons. The third-order valence-electron chi connectivity index (χ3n) is 4.98. The minimum absolute atomic E-state index is 0.0192. The Kier molecular flexibility index (Phi) is 5.12. The standard InChI is InChI=1S/C16H23F3N4O/c17-16(18,19)12-4-3-6-22(9-12)14-8-15(21-11-20-14)23-7-2-1-5-13(23)10-24/h8,11-13,24H,1-7,9-10H2/t12-,13+/m0/s1. The summed E-state index contributed by atoms with van der Waals surface area (Å²) in [6, 6.07) is 1.78. The average Bonchev–Trinajstić information content (AvgIpc) is 2.61. The molecule has 3 heterocycles. The molecule has 0 spiro atoms. The van der Waals surface area contributed by atoms with Crippen LogP contribution in [0.3, 0.4) is 0 Å². The lowest BCUT2D eigenvalue weighted by Crippen LogP contribution is -2.43. The van der Waals surface area contributed by atoms with Crippen LogP contribution < -0.4 is 9.80 Å². The second-order valence-corrected chi connectivity index (χ2v) is 6.59. The minimum Gasteiger partial charge on any atom is -0.394 e. The SMILES string of the molecule is OC[C@H]1CCCCN1c1cc(N2CCC[C@H](C(F)(F)F)C2)ncn1. The van der Waals surface area contributed by atoms with Gasteiger partial charge in [-0.2, -0.15) is 13.2 Å². The van der Waals surface area contributed by atoms with E-state index in [0.717, 1.165) is 25.8 Å². The quantitative estimate of drug-likeness (QED) is 0.913. The molecule has 2 atom stereocenters. The van der Waals surface area contributed by atoms with Crippen molar-refractivity contribution in [3.05, 3.63) is 12.4 Å². The second-order valence-electron chi connectivity index (χ2n) is 6.59. The smallest absolute Gasteiger partial charge is 0.393 e. The monoisotopic (exact) mass is 344 g/mol.